The molecule has 0 radical (unpaired) electrons. The van der Waals surface area contributed by atoms with Gasteiger partial charge in [-0.3, -0.25) is 0 Å². The van der Waals surface area contributed by atoms with Crippen LogP contribution in [0.15, 0.2) is 24.3 Å². The van der Waals surface area contributed by atoms with E-state index in [4.69, 9.17) is 15.2 Å². The molecule has 14 heavy (non-hydrogen) atoms. The molecule has 0 spiro atoms. The van der Waals surface area contributed by atoms with Gasteiger partial charge in [0.1, 0.15) is 5.75 Å². The number of benzene rings is 1. The molecule has 0 aromatic heterocycles. The quantitative estimate of drug-likeness (QED) is 0.743. The highest BCUT2D eigenvalue weighted by atomic mass is 16.5. The van der Waals surface area contributed by atoms with E-state index in [-0.39, 0.29) is 0 Å². The van der Waals surface area contributed by atoms with Gasteiger partial charge in [-0.25, -0.2) is 0 Å². The van der Waals surface area contributed by atoms with Crippen LogP contribution in [0.1, 0.15) is 6.42 Å². The Kier molecular flexibility index (Phi) is 2.89. The molecule has 1 aliphatic rings. The van der Waals surface area contributed by atoms with Crippen LogP contribution < -0.4 is 10.5 Å². The second-order valence-corrected chi connectivity index (χ2v) is 3.61. The second-order valence-electron chi connectivity index (χ2n) is 3.61. The van der Waals surface area contributed by atoms with E-state index in [1.165, 1.54) is 0 Å². The van der Waals surface area contributed by atoms with Crippen LogP contribution in [0.5, 0.6) is 5.75 Å². The number of nitrogens with two attached hydrogens (primary N) is 1. The van der Waals surface area contributed by atoms with Crippen LogP contribution in [0, 0.1) is 5.92 Å². The molecule has 0 amide bonds. The number of hydrogen-bond acceptors (Lipinski definition) is 3. The average Bonchev–Trinajstić information content (AvgIpc) is 2.70. The predicted molar refractivity (Wildman–Crippen MR) is 55.3 cm³/mol. The Hall–Kier alpha value is -1.22. The highest BCUT2D eigenvalue weighted by molar-refractivity contribution is 5.41. The van der Waals surface area contributed by atoms with Crippen LogP contribution in [0.25, 0.3) is 0 Å². The number of anilines is 1. The zero-order chi connectivity index (χ0) is 9.80. The summed E-state index contributed by atoms with van der Waals surface area (Å²) in [6.45, 7) is 2.44. The topological polar surface area (TPSA) is 44.5 Å². The van der Waals surface area contributed by atoms with Gasteiger partial charge in [0.2, 0.25) is 0 Å². The van der Waals surface area contributed by atoms with Gasteiger partial charge < -0.3 is 15.2 Å². The van der Waals surface area contributed by atoms with Crippen molar-refractivity contribution in [2.45, 2.75) is 6.42 Å². The molecule has 1 saturated heterocycles. The molecule has 1 aromatic rings. The van der Waals surface area contributed by atoms with Crippen molar-refractivity contribution in [1.82, 2.24) is 0 Å². The van der Waals surface area contributed by atoms with Crippen LogP contribution in [-0.2, 0) is 4.74 Å². The Morgan fingerprint density at radius 1 is 1.36 bits per heavy atom. The molecule has 1 heterocycles. The normalized spacial score (nSPS) is 21.0. The molecule has 0 bridgehead atoms. The maximum atomic E-state index is 5.61. The van der Waals surface area contributed by atoms with Gasteiger partial charge in [0.15, 0.2) is 0 Å². The SMILES string of the molecule is Nc1ccc(OCC2CCOC2)cc1. The first kappa shape index (κ1) is 9.34. The van der Waals surface area contributed by atoms with Crippen molar-refractivity contribution in [3.05, 3.63) is 24.3 Å². The predicted octanol–water partition coefficient (Wildman–Crippen LogP) is 1.68. The van der Waals surface area contributed by atoms with Crippen LogP contribution in [0.2, 0.25) is 0 Å². The van der Waals surface area contributed by atoms with Crippen molar-refractivity contribution in [3.8, 4) is 5.75 Å². The second kappa shape index (κ2) is 4.33. The smallest absolute Gasteiger partial charge is 0.119 e. The van der Waals surface area contributed by atoms with E-state index in [1.54, 1.807) is 0 Å². The van der Waals surface area contributed by atoms with Gasteiger partial charge in [0, 0.05) is 18.2 Å². The maximum absolute atomic E-state index is 5.61. The number of ether oxygens (including phenoxy) is 2. The summed E-state index contributed by atoms with van der Waals surface area (Å²) in [5, 5.41) is 0. The van der Waals surface area contributed by atoms with E-state index >= 15 is 0 Å². The molecule has 1 atom stereocenters. The van der Waals surface area contributed by atoms with Crippen molar-refractivity contribution in [2.75, 3.05) is 25.6 Å². The third-order valence-corrected chi connectivity index (χ3v) is 2.39. The average molecular weight is 193 g/mol. The van der Waals surface area contributed by atoms with E-state index in [0.717, 1.165) is 37.7 Å². The third-order valence-electron chi connectivity index (χ3n) is 2.39. The maximum Gasteiger partial charge on any atom is 0.119 e. The zero-order valence-electron chi connectivity index (χ0n) is 8.11. The molecule has 1 aromatic carbocycles. The lowest BCUT2D eigenvalue weighted by molar-refractivity contribution is 0.167. The summed E-state index contributed by atoms with van der Waals surface area (Å²) in [6, 6.07) is 7.48. The van der Waals surface area contributed by atoms with Gasteiger partial charge in [-0.15, -0.1) is 0 Å². The molecule has 1 fully saturated rings. The molecule has 2 rings (SSSR count). The van der Waals surface area contributed by atoms with Crippen molar-refractivity contribution < 1.29 is 9.47 Å². The van der Waals surface area contributed by atoms with Crippen LogP contribution in [0.3, 0.4) is 0 Å². The van der Waals surface area contributed by atoms with Gasteiger partial charge in [-0.05, 0) is 30.7 Å². The van der Waals surface area contributed by atoms with E-state index in [2.05, 4.69) is 0 Å². The highest BCUT2D eigenvalue weighted by Crippen LogP contribution is 2.17. The summed E-state index contributed by atoms with van der Waals surface area (Å²) in [6.07, 6.45) is 1.11. The van der Waals surface area contributed by atoms with Gasteiger partial charge in [0.05, 0.1) is 13.2 Å². The Morgan fingerprint density at radius 3 is 2.79 bits per heavy atom. The molecule has 0 aliphatic carbocycles. The van der Waals surface area contributed by atoms with E-state index < -0.39 is 0 Å². The van der Waals surface area contributed by atoms with Gasteiger partial charge >= 0.3 is 0 Å². The van der Waals surface area contributed by atoms with Crippen LogP contribution in [0.4, 0.5) is 5.69 Å². The molecule has 76 valence electrons. The van der Waals surface area contributed by atoms with Gasteiger partial charge in [-0.1, -0.05) is 0 Å². The molecular formula is C11H15NO2. The minimum absolute atomic E-state index is 0.549. The van der Waals surface area contributed by atoms with Crippen molar-refractivity contribution in [3.63, 3.8) is 0 Å². The third kappa shape index (κ3) is 2.39. The largest absolute Gasteiger partial charge is 0.493 e. The fraction of sp³-hybridized carbons (Fsp3) is 0.455. The van der Waals surface area contributed by atoms with Gasteiger partial charge in [-0.2, -0.15) is 0 Å². The summed E-state index contributed by atoms with van der Waals surface area (Å²) >= 11 is 0. The lowest BCUT2D eigenvalue weighted by Gasteiger charge is -2.10. The number of hydrogen-bond donors (Lipinski definition) is 1. The van der Waals surface area contributed by atoms with Crippen LogP contribution >= 0.6 is 0 Å². The molecule has 1 aliphatic heterocycles. The molecular weight excluding hydrogens is 178 g/mol. The van der Waals surface area contributed by atoms with Crippen molar-refractivity contribution in [1.29, 1.82) is 0 Å². The monoisotopic (exact) mass is 193 g/mol. The zero-order valence-corrected chi connectivity index (χ0v) is 8.11. The summed E-state index contributed by atoms with van der Waals surface area (Å²) in [7, 11) is 0. The summed E-state index contributed by atoms with van der Waals surface area (Å²) in [4.78, 5) is 0. The molecule has 0 saturated carbocycles. The fourth-order valence-electron chi connectivity index (χ4n) is 1.49. The van der Waals surface area contributed by atoms with Crippen molar-refractivity contribution in [2.24, 2.45) is 5.92 Å². The Morgan fingerprint density at radius 2 is 2.14 bits per heavy atom. The first-order chi connectivity index (χ1) is 6.84. The minimum atomic E-state index is 0.549. The van der Waals surface area contributed by atoms with Crippen molar-refractivity contribution >= 4 is 5.69 Å². The minimum Gasteiger partial charge on any atom is -0.493 e. The Balaban J connectivity index is 1.82. The number of nitrogen functional groups attached to an aromatic ring is 1. The molecule has 3 nitrogen and oxygen atoms in total. The fourth-order valence-corrected chi connectivity index (χ4v) is 1.49. The standard InChI is InChI=1S/C11H15NO2/c12-10-1-3-11(4-2-10)14-8-9-5-6-13-7-9/h1-4,9H,5-8,12H2. The first-order valence-corrected chi connectivity index (χ1v) is 4.90. The lowest BCUT2D eigenvalue weighted by Crippen LogP contribution is -2.11. The molecule has 3 heteroatoms. The Bertz CT molecular complexity index is 278. The van der Waals surface area contributed by atoms with E-state index in [9.17, 15) is 0 Å². The van der Waals surface area contributed by atoms with E-state index in [0.29, 0.717) is 5.92 Å². The van der Waals surface area contributed by atoms with Gasteiger partial charge in [0.25, 0.3) is 0 Å². The van der Waals surface area contributed by atoms with Crippen LogP contribution in [-0.4, -0.2) is 19.8 Å². The lowest BCUT2D eigenvalue weighted by atomic mass is 10.1. The molecule has 2 N–H and O–H groups in total. The Labute approximate surface area is 83.8 Å². The highest BCUT2D eigenvalue weighted by Gasteiger charge is 2.15. The number of rotatable bonds is 3. The first-order valence-electron chi connectivity index (χ1n) is 4.90. The summed E-state index contributed by atoms with van der Waals surface area (Å²) in [5.41, 5.74) is 6.33. The van der Waals surface area contributed by atoms with E-state index in [1.807, 2.05) is 24.3 Å². The summed E-state index contributed by atoms with van der Waals surface area (Å²) < 4.78 is 10.9. The molecule has 1 unspecified atom stereocenters. The summed E-state index contributed by atoms with van der Waals surface area (Å²) in [5.74, 6) is 1.43.